The van der Waals surface area contributed by atoms with E-state index in [9.17, 15) is 0 Å². The molecule has 76 valence electrons. The molecule has 1 N–H and O–H groups in total. The van der Waals surface area contributed by atoms with Crippen LogP contribution >= 0.6 is 0 Å². The van der Waals surface area contributed by atoms with Crippen molar-refractivity contribution in [2.75, 3.05) is 13.1 Å². The number of rotatable bonds is 2. The van der Waals surface area contributed by atoms with Gasteiger partial charge in [-0.2, -0.15) is 0 Å². The van der Waals surface area contributed by atoms with Crippen molar-refractivity contribution in [1.82, 2.24) is 5.32 Å². The summed E-state index contributed by atoms with van der Waals surface area (Å²) < 4.78 is 5.48. The zero-order valence-electron chi connectivity index (χ0n) is 8.36. The lowest BCUT2D eigenvalue weighted by atomic mass is 10.1. The fraction of sp³-hybridized carbons (Fsp3) is 0.250. The summed E-state index contributed by atoms with van der Waals surface area (Å²) in [5, 5.41) is 4.43. The van der Waals surface area contributed by atoms with Crippen LogP contribution in [0.25, 0.3) is 11.0 Å². The minimum Gasteiger partial charge on any atom is -0.464 e. The van der Waals surface area contributed by atoms with Crippen LogP contribution in [0.2, 0.25) is 0 Å². The molecule has 0 saturated heterocycles. The summed E-state index contributed by atoms with van der Waals surface area (Å²) in [4.78, 5) is 4.39. The summed E-state index contributed by atoms with van der Waals surface area (Å²) in [5.74, 6) is 1.07. The second-order valence-electron chi connectivity index (χ2n) is 3.69. The molecule has 1 aromatic carbocycles. The first kappa shape index (κ1) is 8.53. The topological polar surface area (TPSA) is 37.5 Å². The van der Waals surface area contributed by atoms with Crippen LogP contribution in [0.3, 0.4) is 0 Å². The van der Waals surface area contributed by atoms with Crippen molar-refractivity contribution in [2.45, 2.75) is 6.42 Å². The van der Waals surface area contributed by atoms with Gasteiger partial charge in [-0.1, -0.05) is 18.2 Å². The normalized spacial score (nSPS) is 15.3. The predicted molar refractivity (Wildman–Crippen MR) is 60.2 cm³/mol. The van der Waals surface area contributed by atoms with Gasteiger partial charge in [-0.05, 0) is 6.07 Å². The second-order valence-corrected chi connectivity index (χ2v) is 3.69. The molecule has 0 amide bonds. The Morgan fingerprint density at radius 2 is 2.33 bits per heavy atom. The lowest BCUT2D eigenvalue weighted by Gasteiger charge is -2.02. The van der Waals surface area contributed by atoms with Gasteiger partial charge in [-0.25, -0.2) is 0 Å². The maximum atomic E-state index is 5.48. The highest BCUT2D eigenvalue weighted by atomic mass is 16.3. The number of hydrogen-bond donors (Lipinski definition) is 1. The van der Waals surface area contributed by atoms with Gasteiger partial charge in [0.05, 0.1) is 12.8 Å². The molecule has 1 aliphatic heterocycles. The molecule has 3 heteroatoms. The number of amidine groups is 1. The Bertz CT molecular complexity index is 513. The van der Waals surface area contributed by atoms with Crippen LogP contribution in [-0.4, -0.2) is 18.9 Å². The van der Waals surface area contributed by atoms with Crippen molar-refractivity contribution in [3.63, 3.8) is 0 Å². The number of furan rings is 1. The van der Waals surface area contributed by atoms with E-state index in [1.807, 2.05) is 6.07 Å². The Balaban J connectivity index is 1.99. The Labute approximate surface area is 87.8 Å². The fourth-order valence-corrected chi connectivity index (χ4v) is 1.94. The molecule has 0 aliphatic carbocycles. The van der Waals surface area contributed by atoms with Crippen LogP contribution in [0.5, 0.6) is 0 Å². The SMILES string of the molecule is c1cc(CC2=NCCN2)c2occc2c1. The van der Waals surface area contributed by atoms with E-state index in [1.54, 1.807) is 6.26 Å². The van der Waals surface area contributed by atoms with Gasteiger partial charge in [-0.3, -0.25) is 4.99 Å². The molecule has 0 fully saturated rings. The quantitative estimate of drug-likeness (QED) is 0.804. The average Bonchev–Trinajstić information content (AvgIpc) is 2.87. The summed E-state index contributed by atoms with van der Waals surface area (Å²) >= 11 is 0. The Morgan fingerprint density at radius 3 is 3.20 bits per heavy atom. The van der Waals surface area contributed by atoms with Gasteiger partial charge in [-0.15, -0.1) is 0 Å². The molecule has 1 aliphatic rings. The largest absolute Gasteiger partial charge is 0.464 e. The number of hydrogen-bond acceptors (Lipinski definition) is 3. The summed E-state index contributed by atoms with van der Waals surface area (Å²) in [6, 6.07) is 8.20. The highest BCUT2D eigenvalue weighted by molar-refractivity contribution is 5.90. The van der Waals surface area contributed by atoms with E-state index in [2.05, 4.69) is 28.5 Å². The van der Waals surface area contributed by atoms with Crippen molar-refractivity contribution >= 4 is 16.8 Å². The maximum Gasteiger partial charge on any atom is 0.137 e. The van der Waals surface area contributed by atoms with Crippen LogP contribution in [0.4, 0.5) is 0 Å². The molecular weight excluding hydrogens is 188 g/mol. The molecule has 2 heterocycles. The van der Waals surface area contributed by atoms with Crippen LogP contribution in [0.1, 0.15) is 5.56 Å². The van der Waals surface area contributed by atoms with Gasteiger partial charge >= 0.3 is 0 Å². The van der Waals surface area contributed by atoms with Crippen molar-refractivity contribution in [3.8, 4) is 0 Å². The molecule has 2 aromatic rings. The van der Waals surface area contributed by atoms with Gasteiger partial charge in [0.25, 0.3) is 0 Å². The predicted octanol–water partition coefficient (Wildman–Crippen LogP) is 1.98. The number of nitrogens with zero attached hydrogens (tertiary/aromatic N) is 1. The number of nitrogens with one attached hydrogen (secondary N) is 1. The first-order chi connectivity index (χ1) is 7.43. The average molecular weight is 200 g/mol. The molecule has 0 atom stereocenters. The minimum absolute atomic E-state index is 0.838. The molecule has 0 spiro atoms. The number of benzene rings is 1. The minimum atomic E-state index is 0.838. The highest BCUT2D eigenvalue weighted by Crippen LogP contribution is 2.20. The maximum absolute atomic E-state index is 5.48. The van der Waals surface area contributed by atoms with Crippen LogP contribution in [-0.2, 0) is 6.42 Å². The lowest BCUT2D eigenvalue weighted by molar-refractivity contribution is 0.612. The fourth-order valence-electron chi connectivity index (χ4n) is 1.94. The molecule has 3 nitrogen and oxygen atoms in total. The molecule has 0 radical (unpaired) electrons. The smallest absolute Gasteiger partial charge is 0.137 e. The number of para-hydroxylation sites is 1. The first-order valence-corrected chi connectivity index (χ1v) is 5.16. The molecule has 0 bridgehead atoms. The van der Waals surface area contributed by atoms with E-state index in [0.717, 1.165) is 36.3 Å². The Morgan fingerprint density at radius 1 is 1.33 bits per heavy atom. The first-order valence-electron chi connectivity index (χ1n) is 5.16. The third kappa shape index (κ3) is 1.50. The van der Waals surface area contributed by atoms with Crippen LogP contribution in [0, 0.1) is 0 Å². The molecular formula is C12H12N2O. The van der Waals surface area contributed by atoms with Gasteiger partial charge in [0, 0.05) is 23.9 Å². The molecule has 15 heavy (non-hydrogen) atoms. The number of fused-ring (bicyclic) bond motifs is 1. The third-order valence-corrected chi connectivity index (χ3v) is 2.66. The van der Waals surface area contributed by atoms with Gasteiger partial charge in [0.2, 0.25) is 0 Å². The van der Waals surface area contributed by atoms with Crippen LogP contribution in [0.15, 0.2) is 39.9 Å². The zero-order valence-corrected chi connectivity index (χ0v) is 8.36. The lowest BCUT2D eigenvalue weighted by Crippen LogP contribution is -2.20. The van der Waals surface area contributed by atoms with E-state index in [4.69, 9.17) is 4.42 Å². The summed E-state index contributed by atoms with van der Waals surface area (Å²) in [6.07, 6.45) is 2.57. The van der Waals surface area contributed by atoms with Crippen molar-refractivity contribution in [3.05, 3.63) is 36.1 Å². The molecule has 1 aromatic heterocycles. The van der Waals surface area contributed by atoms with Crippen molar-refractivity contribution in [1.29, 1.82) is 0 Å². The third-order valence-electron chi connectivity index (χ3n) is 2.66. The summed E-state index contributed by atoms with van der Waals surface area (Å²) in [5.41, 5.74) is 2.18. The van der Waals surface area contributed by atoms with Gasteiger partial charge in [0.1, 0.15) is 11.4 Å². The second kappa shape index (κ2) is 3.42. The van der Waals surface area contributed by atoms with E-state index < -0.39 is 0 Å². The van der Waals surface area contributed by atoms with E-state index in [0.29, 0.717) is 0 Å². The monoisotopic (exact) mass is 200 g/mol. The highest BCUT2D eigenvalue weighted by Gasteiger charge is 2.09. The van der Waals surface area contributed by atoms with E-state index in [-0.39, 0.29) is 0 Å². The van der Waals surface area contributed by atoms with Crippen LogP contribution < -0.4 is 5.32 Å². The molecule has 3 rings (SSSR count). The van der Waals surface area contributed by atoms with E-state index >= 15 is 0 Å². The standard InChI is InChI=1S/C12H12N2O/c1-2-9-4-7-15-12(9)10(3-1)8-11-13-5-6-14-11/h1-4,7H,5-6,8H2,(H,13,14). The van der Waals surface area contributed by atoms with Gasteiger partial charge in [0.15, 0.2) is 0 Å². The van der Waals surface area contributed by atoms with Gasteiger partial charge < -0.3 is 9.73 Å². The number of aliphatic imine (C=N–C) groups is 1. The van der Waals surface area contributed by atoms with Crippen molar-refractivity contribution in [2.24, 2.45) is 4.99 Å². The summed E-state index contributed by atoms with van der Waals surface area (Å²) in [7, 11) is 0. The Kier molecular flexibility index (Phi) is 1.95. The molecule has 0 saturated carbocycles. The van der Waals surface area contributed by atoms with E-state index in [1.165, 1.54) is 5.56 Å². The molecule has 0 unspecified atom stereocenters. The Hall–Kier alpha value is -1.77. The summed E-state index contributed by atoms with van der Waals surface area (Å²) in [6.45, 7) is 1.85. The zero-order chi connectivity index (χ0) is 10.1. The van der Waals surface area contributed by atoms with Crippen molar-refractivity contribution < 1.29 is 4.42 Å².